The predicted molar refractivity (Wildman–Crippen MR) is 78.4 cm³/mol. The lowest BCUT2D eigenvalue weighted by Gasteiger charge is -2.30. The second kappa shape index (κ2) is 6.31. The first-order valence-electron chi connectivity index (χ1n) is 6.69. The Bertz CT molecular complexity index is 634. The molecule has 0 radical (unpaired) electrons. The topological polar surface area (TPSA) is 89.8 Å². The molecule has 1 saturated heterocycles. The van der Waals surface area contributed by atoms with Crippen molar-refractivity contribution < 1.29 is 19.2 Å². The number of nitro groups is 1. The van der Waals surface area contributed by atoms with Gasteiger partial charge >= 0.3 is 5.97 Å². The van der Waals surface area contributed by atoms with Crippen LogP contribution in [0, 0.1) is 10.1 Å². The van der Waals surface area contributed by atoms with Crippen molar-refractivity contribution in [3.63, 3.8) is 0 Å². The number of nitro benzene ring substituents is 1. The summed E-state index contributed by atoms with van der Waals surface area (Å²) >= 11 is 6.10. The highest BCUT2D eigenvalue weighted by Crippen LogP contribution is 2.35. The highest BCUT2D eigenvalue weighted by atomic mass is 35.5. The molecule has 0 saturated carbocycles. The molecule has 2 rings (SSSR count). The van der Waals surface area contributed by atoms with Gasteiger partial charge in [0.2, 0.25) is 5.91 Å². The molecule has 22 heavy (non-hydrogen) atoms. The van der Waals surface area contributed by atoms with Gasteiger partial charge in [-0.25, -0.2) is 4.79 Å². The normalized spacial score (nSPS) is 19.1. The molecule has 2 atom stereocenters. The Morgan fingerprint density at radius 1 is 1.55 bits per heavy atom. The molecule has 1 fully saturated rings. The summed E-state index contributed by atoms with van der Waals surface area (Å²) in [6.07, 6.45) is 0.648. The average Bonchev–Trinajstić information content (AvgIpc) is 2.87. The Labute approximate surface area is 131 Å². The van der Waals surface area contributed by atoms with Crippen molar-refractivity contribution in [2.45, 2.75) is 31.8 Å². The molecular weight excluding hydrogens is 312 g/mol. The van der Waals surface area contributed by atoms with Gasteiger partial charge in [0.25, 0.3) is 5.69 Å². The number of carbonyl (C=O) groups is 2. The van der Waals surface area contributed by atoms with E-state index in [1.807, 2.05) is 0 Å². The lowest BCUT2D eigenvalue weighted by molar-refractivity contribution is -0.384. The van der Waals surface area contributed by atoms with E-state index in [9.17, 15) is 19.7 Å². The van der Waals surface area contributed by atoms with Gasteiger partial charge in [0.1, 0.15) is 6.04 Å². The molecule has 1 aromatic carbocycles. The SMILES string of the molecule is COC(=O)C1CCC(=O)N1C(C)c1ccc([N+](=O)[O-])cc1Cl. The van der Waals surface area contributed by atoms with Crippen LogP contribution in [0.1, 0.15) is 31.4 Å². The molecule has 7 nitrogen and oxygen atoms in total. The van der Waals surface area contributed by atoms with Crippen LogP contribution in [-0.2, 0) is 14.3 Å². The number of halogens is 1. The number of rotatable bonds is 4. The minimum atomic E-state index is -0.654. The number of amides is 1. The number of methoxy groups -OCH3 is 1. The summed E-state index contributed by atoms with van der Waals surface area (Å²) in [5, 5.41) is 10.9. The van der Waals surface area contributed by atoms with Gasteiger partial charge in [0, 0.05) is 18.6 Å². The lowest BCUT2D eigenvalue weighted by Crippen LogP contribution is -2.41. The van der Waals surface area contributed by atoms with Gasteiger partial charge in [-0.2, -0.15) is 0 Å². The molecule has 0 spiro atoms. The van der Waals surface area contributed by atoms with Crippen LogP contribution in [0.4, 0.5) is 5.69 Å². The molecule has 8 heteroatoms. The minimum absolute atomic E-state index is 0.127. The first-order valence-corrected chi connectivity index (χ1v) is 7.07. The number of benzene rings is 1. The standard InChI is InChI=1S/C14H15ClN2O5/c1-8(10-4-3-9(17(20)21)7-11(10)15)16-12(14(19)22-2)5-6-13(16)18/h3-4,7-8,12H,5-6H2,1-2H3. The number of ether oxygens (including phenoxy) is 1. The Morgan fingerprint density at radius 3 is 2.77 bits per heavy atom. The maximum Gasteiger partial charge on any atom is 0.328 e. The van der Waals surface area contributed by atoms with E-state index in [1.165, 1.54) is 30.2 Å². The number of nitrogens with zero attached hydrogens (tertiary/aromatic N) is 2. The smallest absolute Gasteiger partial charge is 0.328 e. The van der Waals surface area contributed by atoms with Crippen molar-refractivity contribution in [3.05, 3.63) is 38.9 Å². The molecule has 2 unspecified atom stereocenters. The maximum atomic E-state index is 12.1. The van der Waals surface area contributed by atoms with E-state index in [-0.39, 0.29) is 23.0 Å². The zero-order valence-electron chi connectivity index (χ0n) is 12.1. The van der Waals surface area contributed by atoms with Crippen molar-refractivity contribution in [3.8, 4) is 0 Å². The van der Waals surface area contributed by atoms with Gasteiger partial charge < -0.3 is 9.64 Å². The number of esters is 1. The van der Waals surface area contributed by atoms with E-state index < -0.39 is 23.0 Å². The summed E-state index contributed by atoms with van der Waals surface area (Å²) in [6, 6.07) is 2.93. The number of carbonyl (C=O) groups excluding carboxylic acids is 2. The van der Waals surface area contributed by atoms with E-state index in [2.05, 4.69) is 0 Å². The highest BCUT2D eigenvalue weighted by molar-refractivity contribution is 6.31. The zero-order valence-corrected chi connectivity index (χ0v) is 12.9. The monoisotopic (exact) mass is 326 g/mol. The first-order chi connectivity index (χ1) is 10.4. The summed E-state index contributed by atoms with van der Waals surface area (Å²) in [5.41, 5.74) is 0.426. The molecule has 0 N–H and O–H groups in total. The van der Waals surface area contributed by atoms with Gasteiger partial charge in [-0.3, -0.25) is 14.9 Å². The van der Waals surface area contributed by atoms with Crippen molar-refractivity contribution in [2.75, 3.05) is 7.11 Å². The third kappa shape index (κ3) is 2.89. The van der Waals surface area contributed by atoms with Crippen LogP contribution < -0.4 is 0 Å². The van der Waals surface area contributed by atoms with E-state index >= 15 is 0 Å². The van der Waals surface area contributed by atoms with Crippen molar-refractivity contribution in [1.29, 1.82) is 0 Å². The van der Waals surface area contributed by atoms with E-state index in [0.29, 0.717) is 12.0 Å². The quantitative estimate of drug-likeness (QED) is 0.481. The Kier molecular flexibility index (Phi) is 4.65. The Morgan fingerprint density at radius 2 is 2.23 bits per heavy atom. The second-order valence-corrected chi connectivity index (χ2v) is 5.42. The van der Waals surface area contributed by atoms with Crippen molar-refractivity contribution in [1.82, 2.24) is 4.90 Å². The Balaban J connectivity index is 2.33. The minimum Gasteiger partial charge on any atom is -0.467 e. The molecule has 1 aliphatic heterocycles. The second-order valence-electron chi connectivity index (χ2n) is 5.02. The van der Waals surface area contributed by atoms with Gasteiger partial charge in [0.15, 0.2) is 0 Å². The van der Waals surface area contributed by atoms with Crippen LogP contribution in [0.3, 0.4) is 0 Å². The third-order valence-electron chi connectivity index (χ3n) is 3.79. The summed E-state index contributed by atoms with van der Waals surface area (Å²) in [7, 11) is 1.27. The third-order valence-corrected chi connectivity index (χ3v) is 4.12. The maximum absolute atomic E-state index is 12.1. The van der Waals surface area contributed by atoms with Crippen molar-refractivity contribution >= 4 is 29.2 Å². The summed E-state index contributed by atoms with van der Waals surface area (Å²) in [6.45, 7) is 1.73. The number of hydrogen-bond donors (Lipinski definition) is 0. The average molecular weight is 327 g/mol. The molecule has 1 amide bonds. The van der Waals surface area contributed by atoms with E-state index in [1.54, 1.807) is 6.92 Å². The molecule has 1 heterocycles. The van der Waals surface area contributed by atoms with E-state index in [0.717, 1.165) is 0 Å². The predicted octanol–water partition coefficient (Wildman–Crippen LogP) is 2.47. The van der Waals surface area contributed by atoms with Gasteiger partial charge in [-0.15, -0.1) is 0 Å². The lowest BCUT2D eigenvalue weighted by atomic mass is 10.1. The fourth-order valence-electron chi connectivity index (χ4n) is 2.67. The van der Waals surface area contributed by atoms with Crippen molar-refractivity contribution in [2.24, 2.45) is 0 Å². The molecule has 0 bridgehead atoms. The van der Waals surface area contributed by atoms with Gasteiger partial charge in [0.05, 0.1) is 23.1 Å². The van der Waals surface area contributed by atoms with Crippen LogP contribution in [0.5, 0.6) is 0 Å². The summed E-state index contributed by atoms with van der Waals surface area (Å²) < 4.78 is 4.72. The molecule has 0 aromatic heterocycles. The Hall–Kier alpha value is -2.15. The number of hydrogen-bond acceptors (Lipinski definition) is 5. The molecular formula is C14H15ClN2O5. The van der Waals surface area contributed by atoms with Gasteiger partial charge in [-0.1, -0.05) is 11.6 Å². The largest absolute Gasteiger partial charge is 0.467 e. The molecule has 1 aromatic rings. The van der Waals surface area contributed by atoms with Crippen LogP contribution in [0.15, 0.2) is 18.2 Å². The first kappa shape index (κ1) is 16.2. The number of non-ortho nitro benzene ring substituents is 1. The number of likely N-dealkylation sites (tertiary alicyclic amines) is 1. The fourth-order valence-corrected chi connectivity index (χ4v) is 3.01. The van der Waals surface area contributed by atoms with Crippen LogP contribution in [0.2, 0.25) is 5.02 Å². The molecule has 1 aliphatic rings. The van der Waals surface area contributed by atoms with E-state index in [4.69, 9.17) is 16.3 Å². The molecule has 0 aliphatic carbocycles. The summed E-state index contributed by atoms with van der Waals surface area (Å²) in [4.78, 5) is 35.5. The van der Waals surface area contributed by atoms with Crippen LogP contribution in [0.25, 0.3) is 0 Å². The molecule has 118 valence electrons. The summed E-state index contributed by atoms with van der Waals surface area (Å²) in [5.74, 6) is -0.645. The van der Waals surface area contributed by atoms with Crippen LogP contribution in [-0.4, -0.2) is 34.9 Å². The zero-order chi connectivity index (χ0) is 16.4. The highest BCUT2D eigenvalue weighted by Gasteiger charge is 2.40. The fraction of sp³-hybridized carbons (Fsp3) is 0.429. The van der Waals surface area contributed by atoms with Crippen LogP contribution >= 0.6 is 11.6 Å². The van der Waals surface area contributed by atoms with Gasteiger partial charge in [-0.05, 0) is 25.0 Å².